The van der Waals surface area contributed by atoms with Gasteiger partial charge in [-0.1, -0.05) is 19.1 Å². The van der Waals surface area contributed by atoms with Crippen molar-refractivity contribution in [2.24, 2.45) is 5.41 Å². The summed E-state index contributed by atoms with van der Waals surface area (Å²) in [7, 11) is 0. The highest BCUT2D eigenvalue weighted by atomic mass is 16.3. The van der Waals surface area contributed by atoms with Crippen LogP contribution in [0.4, 0.5) is 0 Å². The summed E-state index contributed by atoms with van der Waals surface area (Å²) in [6.07, 6.45) is 6.49. The molecule has 0 saturated heterocycles. The van der Waals surface area contributed by atoms with Crippen molar-refractivity contribution in [3.05, 3.63) is 12.2 Å². The molecule has 0 spiro atoms. The van der Waals surface area contributed by atoms with Crippen LogP contribution in [0.3, 0.4) is 0 Å². The van der Waals surface area contributed by atoms with Crippen LogP contribution in [0.1, 0.15) is 19.8 Å². The molecule has 0 aromatic carbocycles. The zero-order valence-electron chi connectivity index (χ0n) is 5.22. The van der Waals surface area contributed by atoms with Crippen LogP contribution in [0.15, 0.2) is 12.2 Å². The zero-order chi connectivity index (χ0) is 6.04. The van der Waals surface area contributed by atoms with Crippen molar-refractivity contribution in [3.63, 3.8) is 0 Å². The van der Waals surface area contributed by atoms with E-state index in [4.69, 9.17) is 5.11 Å². The molecule has 1 heteroatoms. The first-order valence-electron chi connectivity index (χ1n) is 3.05. The largest absolute Gasteiger partial charge is 0.395 e. The van der Waals surface area contributed by atoms with Gasteiger partial charge >= 0.3 is 0 Å². The molecule has 0 radical (unpaired) electrons. The molecule has 46 valence electrons. The van der Waals surface area contributed by atoms with Gasteiger partial charge in [-0.3, -0.25) is 0 Å². The van der Waals surface area contributed by atoms with Crippen molar-refractivity contribution in [2.45, 2.75) is 19.8 Å². The van der Waals surface area contributed by atoms with Crippen LogP contribution in [0.5, 0.6) is 0 Å². The topological polar surface area (TPSA) is 20.2 Å². The summed E-state index contributed by atoms with van der Waals surface area (Å²) in [6.45, 7) is 2.38. The minimum Gasteiger partial charge on any atom is -0.395 e. The summed E-state index contributed by atoms with van der Waals surface area (Å²) in [5.74, 6) is 0. The molecule has 1 atom stereocenters. The highest BCUT2D eigenvalue weighted by molar-refractivity contribution is 5.04. The minimum atomic E-state index is 0.111. The maximum Gasteiger partial charge on any atom is 0.0519 e. The summed E-state index contributed by atoms with van der Waals surface area (Å²) >= 11 is 0. The Morgan fingerprint density at radius 1 is 1.75 bits per heavy atom. The first kappa shape index (κ1) is 5.83. The lowest BCUT2D eigenvalue weighted by Crippen LogP contribution is -2.14. The average Bonchev–Trinajstić information content (AvgIpc) is 2.17. The standard InChI is InChI=1S/C7H12O/c1-7(6-8)4-2-3-5-7/h2,4,8H,3,5-6H2,1H3/t7-/m0/s1. The molecule has 1 nitrogen and oxygen atoms in total. The molecule has 1 rings (SSSR count). The lowest BCUT2D eigenvalue weighted by molar-refractivity contribution is 0.183. The molecule has 0 bridgehead atoms. The Morgan fingerprint density at radius 2 is 2.50 bits per heavy atom. The van der Waals surface area contributed by atoms with Gasteiger partial charge in [-0.2, -0.15) is 0 Å². The van der Waals surface area contributed by atoms with E-state index < -0.39 is 0 Å². The predicted octanol–water partition coefficient (Wildman–Crippen LogP) is 1.33. The van der Waals surface area contributed by atoms with Gasteiger partial charge in [0.2, 0.25) is 0 Å². The van der Waals surface area contributed by atoms with Gasteiger partial charge in [0, 0.05) is 5.41 Å². The van der Waals surface area contributed by atoms with Crippen LogP contribution in [0.25, 0.3) is 0 Å². The summed E-state index contributed by atoms with van der Waals surface area (Å²) in [4.78, 5) is 0. The molecule has 0 aliphatic heterocycles. The van der Waals surface area contributed by atoms with Crippen LogP contribution in [0.2, 0.25) is 0 Å². The Kier molecular flexibility index (Phi) is 1.39. The van der Waals surface area contributed by atoms with Gasteiger partial charge in [-0.05, 0) is 12.8 Å². The maximum absolute atomic E-state index is 8.77. The van der Waals surface area contributed by atoms with Gasteiger partial charge in [-0.15, -0.1) is 0 Å². The minimum absolute atomic E-state index is 0.111. The fourth-order valence-electron chi connectivity index (χ4n) is 0.996. The Balaban J connectivity index is 2.54. The monoisotopic (exact) mass is 112 g/mol. The number of aliphatic hydroxyl groups excluding tert-OH is 1. The summed E-state index contributed by atoms with van der Waals surface area (Å²) in [5.41, 5.74) is 0.111. The van der Waals surface area contributed by atoms with E-state index in [1.54, 1.807) is 0 Å². The average molecular weight is 112 g/mol. The van der Waals surface area contributed by atoms with Crippen molar-refractivity contribution in [1.82, 2.24) is 0 Å². The maximum atomic E-state index is 8.77. The Morgan fingerprint density at radius 3 is 2.75 bits per heavy atom. The molecular weight excluding hydrogens is 100 g/mol. The van der Waals surface area contributed by atoms with Gasteiger partial charge in [-0.25, -0.2) is 0 Å². The second-order valence-corrected chi connectivity index (χ2v) is 2.75. The lowest BCUT2D eigenvalue weighted by Gasteiger charge is -2.16. The molecule has 0 heterocycles. The lowest BCUT2D eigenvalue weighted by atomic mass is 9.92. The third-order valence-corrected chi connectivity index (χ3v) is 1.76. The van der Waals surface area contributed by atoms with E-state index in [2.05, 4.69) is 19.1 Å². The van der Waals surface area contributed by atoms with E-state index in [-0.39, 0.29) is 5.41 Å². The van der Waals surface area contributed by atoms with Crippen molar-refractivity contribution in [2.75, 3.05) is 6.61 Å². The van der Waals surface area contributed by atoms with E-state index in [0.29, 0.717) is 6.61 Å². The molecule has 0 amide bonds. The quantitative estimate of drug-likeness (QED) is 0.507. The van der Waals surface area contributed by atoms with Crippen molar-refractivity contribution in [3.8, 4) is 0 Å². The van der Waals surface area contributed by atoms with Crippen molar-refractivity contribution < 1.29 is 5.11 Å². The van der Waals surface area contributed by atoms with Gasteiger partial charge < -0.3 is 5.11 Å². The smallest absolute Gasteiger partial charge is 0.0519 e. The van der Waals surface area contributed by atoms with Crippen LogP contribution in [-0.4, -0.2) is 11.7 Å². The first-order chi connectivity index (χ1) is 3.77. The Labute approximate surface area is 50.0 Å². The molecule has 0 unspecified atom stereocenters. The van der Waals surface area contributed by atoms with E-state index in [0.717, 1.165) is 12.8 Å². The van der Waals surface area contributed by atoms with Crippen molar-refractivity contribution >= 4 is 0 Å². The van der Waals surface area contributed by atoms with Crippen molar-refractivity contribution in [1.29, 1.82) is 0 Å². The van der Waals surface area contributed by atoms with Gasteiger partial charge in [0.05, 0.1) is 6.61 Å². The molecule has 1 N–H and O–H groups in total. The van der Waals surface area contributed by atoms with E-state index in [9.17, 15) is 0 Å². The molecule has 0 saturated carbocycles. The number of hydrogen-bond donors (Lipinski definition) is 1. The van der Waals surface area contributed by atoms with Gasteiger partial charge in [0.1, 0.15) is 0 Å². The van der Waals surface area contributed by atoms with Gasteiger partial charge in [0.15, 0.2) is 0 Å². The highest BCUT2D eigenvalue weighted by Gasteiger charge is 2.21. The highest BCUT2D eigenvalue weighted by Crippen LogP contribution is 2.29. The molecule has 1 aliphatic carbocycles. The zero-order valence-corrected chi connectivity index (χ0v) is 5.22. The fourth-order valence-corrected chi connectivity index (χ4v) is 0.996. The van der Waals surface area contributed by atoms with Crippen LogP contribution < -0.4 is 0 Å². The van der Waals surface area contributed by atoms with Crippen LogP contribution in [-0.2, 0) is 0 Å². The number of hydrogen-bond acceptors (Lipinski definition) is 1. The summed E-state index contributed by atoms with van der Waals surface area (Å²) in [5, 5.41) is 8.77. The van der Waals surface area contributed by atoms with Crippen LogP contribution in [0, 0.1) is 5.41 Å². The fraction of sp³-hybridized carbons (Fsp3) is 0.714. The summed E-state index contributed by atoms with van der Waals surface area (Å²) < 4.78 is 0. The molecule has 1 aliphatic rings. The van der Waals surface area contributed by atoms with E-state index >= 15 is 0 Å². The second kappa shape index (κ2) is 1.90. The second-order valence-electron chi connectivity index (χ2n) is 2.75. The first-order valence-corrected chi connectivity index (χ1v) is 3.05. The number of rotatable bonds is 1. The Hall–Kier alpha value is -0.300. The van der Waals surface area contributed by atoms with E-state index in [1.807, 2.05) is 0 Å². The number of aliphatic hydroxyl groups is 1. The third kappa shape index (κ3) is 0.920. The normalized spacial score (nSPS) is 36.2. The number of allylic oxidation sites excluding steroid dienone is 1. The molecule has 0 aromatic rings. The SMILES string of the molecule is C[C@]1(CO)C=CCC1. The van der Waals surface area contributed by atoms with Gasteiger partial charge in [0.25, 0.3) is 0 Å². The third-order valence-electron chi connectivity index (χ3n) is 1.76. The molecule has 8 heavy (non-hydrogen) atoms. The molecular formula is C7H12O. The summed E-state index contributed by atoms with van der Waals surface area (Å²) in [6, 6.07) is 0. The molecule has 0 fully saturated rings. The molecule has 0 aromatic heterocycles. The Bertz CT molecular complexity index is 107. The van der Waals surface area contributed by atoms with E-state index in [1.165, 1.54) is 0 Å². The predicted molar refractivity (Wildman–Crippen MR) is 33.6 cm³/mol. The van der Waals surface area contributed by atoms with Crippen LogP contribution >= 0.6 is 0 Å².